The third-order valence-corrected chi connectivity index (χ3v) is 4.48. The number of carbonyl (C=O) groups is 1. The van der Waals surface area contributed by atoms with Gasteiger partial charge >= 0.3 is 5.97 Å². The number of carboxylic acids is 1. The molecule has 2 heterocycles. The molecule has 106 valence electrons. The van der Waals surface area contributed by atoms with Crippen molar-refractivity contribution >= 4 is 11.6 Å². The molecule has 0 bridgehead atoms. The smallest absolute Gasteiger partial charge is 0.307 e. The first-order valence-corrected chi connectivity index (χ1v) is 7.14. The zero-order chi connectivity index (χ0) is 14.3. The fraction of sp³-hybridized carbons (Fsp3) is 0.533. The van der Waals surface area contributed by atoms with Gasteiger partial charge in [-0.15, -0.1) is 10.2 Å². The Morgan fingerprint density at radius 2 is 2.25 bits per heavy atom. The van der Waals surface area contributed by atoms with Crippen molar-refractivity contribution in [1.29, 1.82) is 0 Å². The van der Waals surface area contributed by atoms with Gasteiger partial charge in [0.15, 0.2) is 5.65 Å². The normalized spacial score (nSPS) is 26.2. The highest BCUT2D eigenvalue weighted by Crippen LogP contribution is 2.43. The van der Waals surface area contributed by atoms with Crippen molar-refractivity contribution in [1.82, 2.24) is 14.6 Å². The molecule has 5 nitrogen and oxygen atoms in total. The first-order valence-electron chi connectivity index (χ1n) is 7.14. The number of hydrogen-bond acceptors (Lipinski definition) is 3. The van der Waals surface area contributed by atoms with Crippen LogP contribution in [0.15, 0.2) is 18.3 Å². The van der Waals surface area contributed by atoms with Crippen LogP contribution in [0.25, 0.3) is 5.65 Å². The Morgan fingerprint density at radius 3 is 2.95 bits per heavy atom. The molecule has 0 aromatic carbocycles. The van der Waals surface area contributed by atoms with Crippen LogP contribution in [0.5, 0.6) is 0 Å². The molecule has 0 aliphatic heterocycles. The van der Waals surface area contributed by atoms with Gasteiger partial charge in [-0.1, -0.05) is 13.3 Å². The monoisotopic (exact) mass is 273 g/mol. The lowest BCUT2D eigenvalue weighted by atomic mass is 9.95. The standard InChI is InChI=1S/C15H19N3O2/c1-3-10-7-11(12(8-10)15(19)20)14-17-16-13-6-9(2)4-5-18(13)14/h4-6,10-12H,3,7-8H2,1-2H3,(H,19,20). The second kappa shape index (κ2) is 4.89. The van der Waals surface area contributed by atoms with Gasteiger partial charge < -0.3 is 5.11 Å². The largest absolute Gasteiger partial charge is 0.481 e. The quantitative estimate of drug-likeness (QED) is 0.933. The minimum Gasteiger partial charge on any atom is -0.481 e. The van der Waals surface area contributed by atoms with Crippen molar-refractivity contribution in [3.8, 4) is 0 Å². The molecule has 0 spiro atoms. The molecular weight excluding hydrogens is 254 g/mol. The number of fused-ring (bicyclic) bond motifs is 1. The molecule has 1 N–H and O–H groups in total. The maximum absolute atomic E-state index is 11.5. The summed E-state index contributed by atoms with van der Waals surface area (Å²) in [5.41, 5.74) is 1.92. The highest BCUT2D eigenvalue weighted by molar-refractivity contribution is 5.71. The lowest BCUT2D eigenvalue weighted by Crippen LogP contribution is -2.18. The van der Waals surface area contributed by atoms with E-state index in [-0.39, 0.29) is 11.8 Å². The predicted octanol–water partition coefficient (Wildman–Crippen LogP) is 2.64. The van der Waals surface area contributed by atoms with Crippen LogP contribution >= 0.6 is 0 Å². The Labute approximate surface area is 117 Å². The van der Waals surface area contributed by atoms with Crippen LogP contribution < -0.4 is 0 Å². The zero-order valence-corrected chi connectivity index (χ0v) is 11.8. The van der Waals surface area contributed by atoms with Crippen LogP contribution in [0.4, 0.5) is 0 Å². The van der Waals surface area contributed by atoms with Crippen molar-refractivity contribution in [2.24, 2.45) is 11.8 Å². The molecule has 1 fully saturated rings. The van der Waals surface area contributed by atoms with Gasteiger partial charge in [-0.2, -0.15) is 0 Å². The van der Waals surface area contributed by atoms with Crippen molar-refractivity contribution in [2.75, 3.05) is 0 Å². The molecule has 3 unspecified atom stereocenters. The summed E-state index contributed by atoms with van der Waals surface area (Å²) in [6, 6.07) is 3.97. The van der Waals surface area contributed by atoms with Crippen LogP contribution in [-0.2, 0) is 4.79 Å². The Morgan fingerprint density at radius 1 is 1.45 bits per heavy atom. The number of carboxylic acid groups (broad SMARTS) is 1. The Kier molecular flexibility index (Phi) is 3.20. The molecule has 1 aliphatic carbocycles. The third-order valence-electron chi connectivity index (χ3n) is 4.48. The summed E-state index contributed by atoms with van der Waals surface area (Å²) >= 11 is 0. The summed E-state index contributed by atoms with van der Waals surface area (Å²) < 4.78 is 1.94. The van der Waals surface area contributed by atoms with Gasteiger partial charge in [0.05, 0.1) is 5.92 Å². The fourth-order valence-corrected chi connectivity index (χ4v) is 3.30. The number of pyridine rings is 1. The second-order valence-electron chi connectivity index (χ2n) is 5.79. The topological polar surface area (TPSA) is 67.5 Å². The van der Waals surface area contributed by atoms with E-state index in [0.29, 0.717) is 5.92 Å². The number of aliphatic carboxylic acids is 1. The molecule has 1 saturated carbocycles. The van der Waals surface area contributed by atoms with E-state index in [2.05, 4.69) is 17.1 Å². The molecule has 2 aromatic rings. The van der Waals surface area contributed by atoms with Crippen LogP contribution in [0.2, 0.25) is 0 Å². The Balaban J connectivity index is 2.02. The van der Waals surface area contributed by atoms with E-state index in [1.54, 1.807) is 0 Å². The maximum Gasteiger partial charge on any atom is 0.307 e. The molecule has 3 rings (SSSR count). The molecule has 20 heavy (non-hydrogen) atoms. The Bertz CT molecular complexity index is 650. The van der Waals surface area contributed by atoms with Gasteiger partial charge in [-0.05, 0) is 43.4 Å². The van der Waals surface area contributed by atoms with E-state index in [1.165, 1.54) is 0 Å². The highest BCUT2D eigenvalue weighted by atomic mass is 16.4. The molecule has 0 saturated heterocycles. The van der Waals surface area contributed by atoms with Crippen LogP contribution in [0.1, 0.15) is 43.5 Å². The summed E-state index contributed by atoms with van der Waals surface area (Å²) in [7, 11) is 0. The lowest BCUT2D eigenvalue weighted by Gasteiger charge is -2.13. The second-order valence-corrected chi connectivity index (χ2v) is 5.79. The van der Waals surface area contributed by atoms with Gasteiger partial charge in [-0.25, -0.2) is 0 Å². The first-order chi connectivity index (χ1) is 9.60. The van der Waals surface area contributed by atoms with Crippen molar-refractivity contribution in [3.05, 3.63) is 29.7 Å². The van der Waals surface area contributed by atoms with Crippen molar-refractivity contribution in [3.63, 3.8) is 0 Å². The summed E-state index contributed by atoms with van der Waals surface area (Å²) in [6.45, 7) is 4.13. The highest BCUT2D eigenvalue weighted by Gasteiger charge is 2.41. The maximum atomic E-state index is 11.5. The van der Waals surface area contributed by atoms with E-state index in [1.807, 2.05) is 29.7 Å². The van der Waals surface area contributed by atoms with E-state index in [0.717, 1.165) is 36.3 Å². The van der Waals surface area contributed by atoms with Crippen molar-refractivity contribution < 1.29 is 9.90 Å². The predicted molar refractivity (Wildman–Crippen MR) is 74.6 cm³/mol. The average molecular weight is 273 g/mol. The fourth-order valence-electron chi connectivity index (χ4n) is 3.30. The minimum atomic E-state index is -0.713. The van der Waals surface area contributed by atoms with Crippen LogP contribution in [0.3, 0.4) is 0 Å². The molecule has 1 aliphatic rings. The van der Waals surface area contributed by atoms with E-state index in [4.69, 9.17) is 0 Å². The average Bonchev–Trinajstić information content (AvgIpc) is 3.00. The molecule has 5 heteroatoms. The molecular formula is C15H19N3O2. The van der Waals surface area contributed by atoms with Gasteiger partial charge in [0.25, 0.3) is 0 Å². The summed E-state index contributed by atoms with van der Waals surface area (Å²) in [5.74, 6) is 0.181. The van der Waals surface area contributed by atoms with E-state index >= 15 is 0 Å². The van der Waals surface area contributed by atoms with E-state index < -0.39 is 5.97 Å². The van der Waals surface area contributed by atoms with Crippen molar-refractivity contribution in [2.45, 2.75) is 39.0 Å². The van der Waals surface area contributed by atoms with E-state index in [9.17, 15) is 9.90 Å². The minimum absolute atomic E-state index is 0.0323. The molecule has 2 aromatic heterocycles. The molecule has 0 amide bonds. The third kappa shape index (κ3) is 2.07. The van der Waals surface area contributed by atoms with Crippen LogP contribution in [0, 0.1) is 18.8 Å². The van der Waals surface area contributed by atoms with Gasteiger partial charge in [0, 0.05) is 12.1 Å². The number of hydrogen-bond donors (Lipinski definition) is 1. The Hall–Kier alpha value is -1.91. The summed E-state index contributed by atoms with van der Waals surface area (Å²) in [5, 5.41) is 17.9. The summed E-state index contributed by atoms with van der Waals surface area (Å²) in [6.07, 6.45) is 4.60. The number of rotatable bonds is 3. The zero-order valence-electron chi connectivity index (χ0n) is 11.8. The van der Waals surface area contributed by atoms with Gasteiger partial charge in [0.2, 0.25) is 0 Å². The summed E-state index contributed by atoms with van der Waals surface area (Å²) in [4.78, 5) is 11.5. The lowest BCUT2D eigenvalue weighted by molar-refractivity contribution is -0.142. The number of aromatic nitrogens is 3. The first kappa shape index (κ1) is 13.1. The molecule has 3 atom stereocenters. The molecule has 0 radical (unpaired) electrons. The number of aryl methyl sites for hydroxylation is 1. The van der Waals surface area contributed by atoms with Crippen LogP contribution in [-0.4, -0.2) is 25.7 Å². The SMILES string of the molecule is CCC1CC(C(=O)O)C(c2nnc3cc(C)ccn23)C1. The van der Waals surface area contributed by atoms with Gasteiger partial charge in [0.1, 0.15) is 5.82 Å². The van der Waals surface area contributed by atoms with Gasteiger partial charge in [-0.3, -0.25) is 9.20 Å². The number of nitrogens with zero attached hydrogens (tertiary/aromatic N) is 3.